The highest BCUT2D eigenvalue weighted by Crippen LogP contribution is 2.68. The maximum Gasteiger partial charge on any atom is 0.336 e. The number of hydrogen-bond acceptors (Lipinski definition) is 3. The Morgan fingerprint density at radius 2 is 1.68 bits per heavy atom. The first-order valence-electron chi connectivity index (χ1n) is 14.6. The van der Waals surface area contributed by atoms with Crippen molar-refractivity contribution in [3.63, 3.8) is 0 Å². The molecule has 0 saturated heterocycles. The van der Waals surface area contributed by atoms with Gasteiger partial charge in [-0.2, -0.15) is 0 Å². The van der Waals surface area contributed by atoms with E-state index in [9.17, 15) is 9.90 Å². The van der Waals surface area contributed by atoms with Gasteiger partial charge < -0.3 is 9.84 Å². The van der Waals surface area contributed by atoms with Crippen LogP contribution in [0.1, 0.15) is 112 Å². The van der Waals surface area contributed by atoms with Crippen LogP contribution in [-0.4, -0.2) is 23.8 Å². The van der Waals surface area contributed by atoms with Crippen molar-refractivity contribution in [2.75, 3.05) is 6.61 Å². The van der Waals surface area contributed by atoms with E-state index in [2.05, 4.69) is 41.2 Å². The Morgan fingerprint density at radius 1 is 0.971 bits per heavy atom. The van der Waals surface area contributed by atoms with Crippen molar-refractivity contribution in [2.45, 2.75) is 118 Å². The van der Waals surface area contributed by atoms with Gasteiger partial charge in [0.1, 0.15) is 6.10 Å². The fourth-order valence-corrected chi connectivity index (χ4v) is 9.65. The molecule has 194 valence electrons. The molecule has 0 heterocycles. The molecular weight excluding hydrogens is 420 g/mol. The lowest BCUT2D eigenvalue weighted by Gasteiger charge is -2.61. The summed E-state index contributed by atoms with van der Waals surface area (Å²) in [6.07, 6.45) is 15.8. The van der Waals surface area contributed by atoms with Gasteiger partial charge in [-0.3, -0.25) is 0 Å². The van der Waals surface area contributed by atoms with Crippen molar-refractivity contribution in [2.24, 2.45) is 52.3 Å². The predicted octanol–water partition coefficient (Wildman–Crippen LogP) is 7.57. The molecule has 0 amide bonds. The molecule has 0 aromatic heterocycles. The average Bonchev–Trinajstić information content (AvgIpc) is 3.15. The van der Waals surface area contributed by atoms with Crippen LogP contribution < -0.4 is 0 Å². The summed E-state index contributed by atoms with van der Waals surface area (Å²) in [7, 11) is 0. The largest absolute Gasteiger partial charge is 0.459 e. The van der Waals surface area contributed by atoms with Crippen LogP contribution in [0.2, 0.25) is 0 Å². The lowest BCUT2D eigenvalue weighted by atomic mass is 9.44. The smallest absolute Gasteiger partial charge is 0.336 e. The summed E-state index contributed by atoms with van der Waals surface area (Å²) in [5.41, 5.74) is 1.14. The molecule has 0 aliphatic heterocycles. The topological polar surface area (TPSA) is 46.5 Å². The summed E-state index contributed by atoms with van der Waals surface area (Å²) < 4.78 is 5.75. The van der Waals surface area contributed by atoms with Crippen LogP contribution in [0.3, 0.4) is 0 Å². The standard InChI is InChI=1S/C31H52O3/c1-20(2)8-7-9-21(3)26-12-13-27-25-11-10-23-18-24(34-29(33)22(4)19-32)14-16-30(23,5)28(25)15-17-31(26,27)6/h20-21,23-28,32H,4,7-19H2,1-3,5-6H3/t21-,23-,24+,25+,26-,27+,28+,30+,31-/m1/s1. The van der Waals surface area contributed by atoms with E-state index in [1.165, 1.54) is 64.2 Å². The van der Waals surface area contributed by atoms with Gasteiger partial charge in [0.2, 0.25) is 0 Å². The number of carbonyl (C=O) groups excluding carboxylic acids is 1. The van der Waals surface area contributed by atoms with Crippen LogP contribution in [0, 0.1) is 52.3 Å². The lowest BCUT2D eigenvalue weighted by Crippen LogP contribution is -2.54. The second kappa shape index (κ2) is 10.3. The van der Waals surface area contributed by atoms with E-state index in [0.29, 0.717) is 16.7 Å². The molecule has 4 rings (SSSR count). The Morgan fingerprint density at radius 3 is 2.38 bits per heavy atom. The molecule has 0 bridgehead atoms. The molecule has 4 saturated carbocycles. The molecule has 0 radical (unpaired) electrons. The van der Waals surface area contributed by atoms with Crippen molar-refractivity contribution in [1.29, 1.82) is 0 Å². The Bertz CT molecular complexity index is 743. The number of fused-ring (bicyclic) bond motifs is 5. The second-order valence-electron chi connectivity index (χ2n) is 13.8. The first-order chi connectivity index (χ1) is 16.1. The van der Waals surface area contributed by atoms with Gasteiger partial charge in [-0.25, -0.2) is 4.79 Å². The summed E-state index contributed by atoms with van der Waals surface area (Å²) in [6.45, 7) is 15.9. The summed E-state index contributed by atoms with van der Waals surface area (Å²) in [4.78, 5) is 12.2. The van der Waals surface area contributed by atoms with Crippen LogP contribution >= 0.6 is 0 Å². The SMILES string of the molecule is C=C(CO)C(=O)O[C@H]1CC[C@@]2(C)[C@H](CC[C@@H]3[C@@H]2CC[C@]2(C)[C@@H]([C@H](C)CCCC(C)C)CC[C@@H]32)C1. The second-order valence-corrected chi connectivity index (χ2v) is 13.8. The highest BCUT2D eigenvalue weighted by atomic mass is 16.5. The average molecular weight is 473 g/mol. The molecule has 4 fully saturated rings. The molecule has 34 heavy (non-hydrogen) atoms. The fourth-order valence-electron chi connectivity index (χ4n) is 9.65. The first kappa shape index (κ1) is 26.2. The van der Waals surface area contributed by atoms with Crippen LogP contribution in [0.25, 0.3) is 0 Å². The minimum Gasteiger partial charge on any atom is -0.459 e. The lowest BCUT2D eigenvalue weighted by molar-refractivity contribution is -0.159. The summed E-state index contributed by atoms with van der Waals surface area (Å²) in [5, 5.41) is 9.20. The first-order valence-corrected chi connectivity index (χ1v) is 14.6. The van der Waals surface area contributed by atoms with Crippen molar-refractivity contribution in [3.05, 3.63) is 12.2 Å². The van der Waals surface area contributed by atoms with Gasteiger partial charge in [-0.1, -0.05) is 60.5 Å². The van der Waals surface area contributed by atoms with E-state index in [0.717, 1.165) is 48.3 Å². The summed E-state index contributed by atoms with van der Waals surface area (Å²) in [6, 6.07) is 0. The number of esters is 1. The van der Waals surface area contributed by atoms with E-state index in [1.54, 1.807) is 0 Å². The minimum absolute atomic E-state index is 0.00170. The van der Waals surface area contributed by atoms with E-state index in [-0.39, 0.29) is 18.3 Å². The number of aliphatic hydroxyl groups is 1. The minimum atomic E-state index is -0.405. The van der Waals surface area contributed by atoms with Crippen molar-refractivity contribution < 1.29 is 14.6 Å². The molecule has 0 unspecified atom stereocenters. The highest BCUT2D eigenvalue weighted by molar-refractivity contribution is 5.88. The van der Waals surface area contributed by atoms with Crippen LogP contribution in [0.4, 0.5) is 0 Å². The van der Waals surface area contributed by atoms with E-state index in [4.69, 9.17) is 4.74 Å². The van der Waals surface area contributed by atoms with Crippen molar-refractivity contribution >= 4 is 5.97 Å². The van der Waals surface area contributed by atoms with Crippen molar-refractivity contribution in [3.8, 4) is 0 Å². The molecule has 9 atom stereocenters. The van der Waals surface area contributed by atoms with E-state index in [1.807, 2.05) is 0 Å². The Hall–Kier alpha value is -0.830. The molecule has 0 aromatic carbocycles. The van der Waals surface area contributed by atoms with Crippen LogP contribution in [-0.2, 0) is 9.53 Å². The monoisotopic (exact) mass is 472 g/mol. The zero-order chi connectivity index (χ0) is 24.7. The van der Waals surface area contributed by atoms with Gasteiger partial charge in [0.25, 0.3) is 0 Å². The molecule has 0 spiro atoms. The number of hydrogen-bond donors (Lipinski definition) is 1. The van der Waals surface area contributed by atoms with Gasteiger partial charge in [0, 0.05) is 0 Å². The third-order valence-corrected chi connectivity index (χ3v) is 11.6. The van der Waals surface area contributed by atoms with Gasteiger partial charge in [0.15, 0.2) is 0 Å². The summed E-state index contributed by atoms with van der Waals surface area (Å²) in [5.74, 6) is 5.56. The maximum absolute atomic E-state index is 12.2. The van der Waals surface area contributed by atoms with Gasteiger partial charge in [-0.05, 0) is 110 Å². The van der Waals surface area contributed by atoms with E-state index < -0.39 is 5.97 Å². The third-order valence-electron chi connectivity index (χ3n) is 11.6. The zero-order valence-corrected chi connectivity index (χ0v) is 22.8. The third kappa shape index (κ3) is 4.76. The molecule has 3 heteroatoms. The van der Waals surface area contributed by atoms with E-state index >= 15 is 0 Å². The predicted molar refractivity (Wildman–Crippen MR) is 139 cm³/mol. The number of aliphatic hydroxyl groups excluding tert-OH is 1. The normalized spacial score (nSPS) is 42.4. The van der Waals surface area contributed by atoms with Crippen LogP contribution in [0.5, 0.6) is 0 Å². The van der Waals surface area contributed by atoms with Gasteiger partial charge >= 0.3 is 5.97 Å². The van der Waals surface area contributed by atoms with Crippen molar-refractivity contribution in [1.82, 2.24) is 0 Å². The molecule has 1 N–H and O–H groups in total. The molecule has 0 aromatic rings. The maximum atomic E-state index is 12.2. The zero-order valence-electron chi connectivity index (χ0n) is 22.8. The summed E-state index contributed by atoms with van der Waals surface area (Å²) >= 11 is 0. The highest BCUT2D eigenvalue weighted by Gasteiger charge is 2.60. The molecule has 3 nitrogen and oxygen atoms in total. The van der Waals surface area contributed by atoms with Gasteiger partial charge in [0.05, 0.1) is 12.2 Å². The molecular formula is C31H52O3. The van der Waals surface area contributed by atoms with Gasteiger partial charge in [-0.15, -0.1) is 0 Å². The number of ether oxygens (including phenoxy) is 1. The fraction of sp³-hybridized carbons (Fsp3) is 0.903. The Balaban J connectivity index is 1.40. The Kier molecular flexibility index (Phi) is 7.92. The molecule has 4 aliphatic carbocycles. The quantitative estimate of drug-likeness (QED) is 0.293. The number of rotatable bonds is 8. The van der Waals surface area contributed by atoms with Crippen LogP contribution in [0.15, 0.2) is 12.2 Å². The Labute approximate surface area is 209 Å². The molecule has 4 aliphatic rings. The number of carbonyl (C=O) groups is 1.